The third-order valence-electron chi connectivity index (χ3n) is 3.29. The molecule has 1 aromatic carbocycles. The normalized spacial score (nSPS) is 13.6. The molecule has 5 heteroatoms. The number of hydrogen-bond donors (Lipinski definition) is 1. The van der Waals surface area contributed by atoms with E-state index in [1.54, 1.807) is 13.1 Å². The fourth-order valence-electron chi connectivity index (χ4n) is 2.31. The highest BCUT2D eigenvalue weighted by Crippen LogP contribution is 2.35. The molecule has 0 radical (unpaired) electrons. The SMILES string of the molecule is CCOC(=O)c1[nH]ccc1-c1ccc2c(c1)OCCCO2. The highest BCUT2D eigenvalue weighted by Gasteiger charge is 2.17. The summed E-state index contributed by atoms with van der Waals surface area (Å²) < 4.78 is 16.4. The van der Waals surface area contributed by atoms with Crippen molar-refractivity contribution < 1.29 is 19.0 Å². The zero-order chi connectivity index (χ0) is 14.7. The molecule has 0 aliphatic carbocycles. The van der Waals surface area contributed by atoms with Gasteiger partial charge in [0.15, 0.2) is 11.5 Å². The van der Waals surface area contributed by atoms with E-state index < -0.39 is 0 Å². The van der Waals surface area contributed by atoms with Crippen molar-refractivity contribution in [3.05, 3.63) is 36.2 Å². The topological polar surface area (TPSA) is 60.6 Å². The van der Waals surface area contributed by atoms with Crippen molar-refractivity contribution in [3.8, 4) is 22.6 Å². The molecule has 1 aliphatic heterocycles. The first-order valence-corrected chi connectivity index (χ1v) is 7.04. The molecule has 21 heavy (non-hydrogen) atoms. The van der Waals surface area contributed by atoms with Gasteiger partial charge in [0.05, 0.1) is 19.8 Å². The highest BCUT2D eigenvalue weighted by atomic mass is 16.5. The van der Waals surface area contributed by atoms with Crippen molar-refractivity contribution in [2.75, 3.05) is 19.8 Å². The van der Waals surface area contributed by atoms with Crippen LogP contribution in [-0.2, 0) is 4.74 Å². The standard InChI is InChI=1S/C16H17NO4/c1-2-19-16(18)15-12(6-7-17-15)11-4-5-13-14(10-11)21-9-3-8-20-13/h4-7,10,17H,2-3,8-9H2,1H3. The maximum atomic E-state index is 11.9. The number of carbonyl (C=O) groups is 1. The van der Waals surface area contributed by atoms with Gasteiger partial charge in [-0.2, -0.15) is 0 Å². The number of H-pyrrole nitrogens is 1. The molecule has 5 nitrogen and oxygen atoms in total. The lowest BCUT2D eigenvalue weighted by Crippen LogP contribution is -2.06. The van der Waals surface area contributed by atoms with Gasteiger partial charge in [0.1, 0.15) is 5.69 Å². The molecule has 0 saturated carbocycles. The summed E-state index contributed by atoms with van der Waals surface area (Å²) in [5.41, 5.74) is 2.14. The molecule has 0 saturated heterocycles. The van der Waals surface area contributed by atoms with Crippen LogP contribution in [0.4, 0.5) is 0 Å². The Morgan fingerprint density at radius 1 is 1.24 bits per heavy atom. The molecule has 1 aliphatic rings. The van der Waals surface area contributed by atoms with Crippen LogP contribution >= 0.6 is 0 Å². The van der Waals surface area contributed by atoms with E-state index >= 15 is 0 Å². The summed E-state index contributed by atoms with van der Waals surface area (Å²) in [7, 11) is 0. The van der Waals surface area contributed by atoms with E-state index in [1.165, 1.54) is 0 Å². The molecule has 3 rings (SSSR count). The number of hydrogen-bond acceptors (Lipinski definition) is 4. The van der Waals surface area contributed by atoms with Crippen molar-refractivity contribution in [1.29, 1.82) is 0 Å². The minimum atomic E-state index is -0.357. The summed E-state index contributed by atoms with van der Waals surface area (Å²) in [5.74, 6) is 1.09. The summed E-state index contributed by atoms with van der Waals surface area (Å²) in [4.78, 5) is 14.9. The number of fused-ring (bicyclic) bond motifs is 1. The predicted octanol–water partition coefficient (Wildman–Crippen LogP) is 3.02. The molecule has 0 spiro atoms. The Hall–Kier alpha value is -2.43. The zero-order valence-corrected chi connectivity index (χ0v) is 11.8. The van der Waals surface area contributed by atoms with E-state index in [9.17, 15) is 4.79 Å². The lowest BCUT2D eigenvalue weighted by atomic mass is 10.1. The summed E-state index contributed by atoms with van der Waals surface area (Å²) in [6.07, 6.45) is 2.59. The molecular weight excluding hydrogens is 270 g/mol. The summed E-state index contributed by atoms with van der Waals surface area (Å²) in [6, 6.07) is 7.54. The van der Waals surface area contributed by atoms with Crippen LogP contribution in [0.2, 0.25) is 0 Å². The van der Waals surface area contributed by atoms with Crippen LogP contribution in [-0.4, -0.2) is 30.8 Å². The summed E-state index contributed by atoms with van der Waals surface area (Å²) in [6.45, 7) is 3.42. The van der Waals surface area contributed by atoms with Gasteiger partial charge >= 0.3 is 5.97 Å². The maximum Gasteiger partial charge on any atom is 0.355 e. The van der Waals surface area contributed by atoms with E-state index in [0.29, 0.717) is 31.3 Å². The fourth-order valence-corrected chi connectivity index (χ4v) is 2.31. The molecule has 0 unspecified atom stereocenters. The first-order chi connectivity index (χ1) is 10.3. The van der Waals surface area contributed by atoms with Gasteiger partial charge in [0.25, 0.3) is 0 Å². The first-order valence-electron chi connectivity index (χ1n) is 7.04. The minimum absolute atomic E-state index is 0.346. The van der Waals surface area contributed by atoms with Crippen LogP contribution in [0.3, 0.4) is 0 Å². The molecular formula is C16H17NO4. The van der Waals surface area contributed by atoms with Crippen LogP contribution in [0.15, 0.2) is 30.5 Å². The van der Waals surface area contributed by atoms with Crippen molar-refractivity contribution in [1.82, 2.24) is 4.98 Å². The van der Waals surface area contributed by atoms with Crippen LogP contribution in [0.1, 0.15) is 23.8 Å². The third-order valence-corrected chi connectivity index (χ3v) is 3.29. The fraction of sp³-hybridized carbons (Fsp3) is 0.312. The third kappa shape index (κ3) is 2.72. The molecule has 110 valence electrons. The van der Waals surface area contributed by atoms with Gasteiger partial charge in [-0.05, 0) is 30.7 Å². The zero-order valence-electron chi connectivity index (χ0n) is 11.8. The van der Waals surface area contributed by atoms with E-state index in [4.69, 9.17) is 14.2 Å². The average Bonchev–Trinajstić information content (AvgIpc) is 2.86. The molecule has 0 fully saturated rings. The van der Waals surface area contributed by atoms with Gasteiger partial charge in [-0.1, -0.05) is 6.07 Å². The Morgan fingerprint density at radius 3 is 2.86 bits per heavy atom. The number of benzene rings is 1. The number of esters is 1. The lowest BCUT2D eigenvalue weighted by molar-refractivity contribution is 0.0521. The van der Waals surface area contributed by atoms with E-state index in [1.807, 2.05) is 24.3 Å². The van der Waals surface area contributed by atoms with Crippen molar-refractivity contribution >= 4 is 5.97 Å². The highest BCUT2D eigenvalue weighted by molar-refractivity contribution is 5.95. The van der Waals surface area contributed by atoms with Crippen molar-refractivity contribution in [2.45, 2.75) is 13.3 Å². The summed E-state index contributed by atoms with van der Waals surface area (Å²) >= 11 is 0. The van der Waals surface area contributed by atoms with Crippen molar-refractivity contribution in [2.24, 2.45) is 0 Å². The van der Waals surface area contributed by atoms with E-state index in [0.717, 1.165) is 23.3 Å². The molecule has 1 N–H and O–H groups in total. The van der Waals surface area contributed by atoms with Crippen LogP contribution < -0.4 is 9.47 Å². The summed E-state index contributed by atoms with van der Waals surface area (Å²) in [5, 5.41) is 0. The second-order valence-electron chi connectivity index (χ2n) is 4.70. The molecule has 1 aromatic heterocycles. The van der Waals surface area contributed by atoms with Gasteiger partial charge in [0.2, 0.25) is 0 Å². The predicted molar refractivity (Wildman–Crippen MR) is 77.8 cm³/mol. The van der Waals surface area contributed by atoms with Gasteiger partial charge in [-0.25, -0.2) is 4.79 Å². The Balaban J connectivity index is 1.96. The Kier molecular flexibility index (Phi) is 3.81. The number of rotatable bonds is 3. The number of carbonyl (C=O) groups excluding carboxylic acids is 1. The number of aromatic nitrogens is 1. The molecule has 2 heterocycles. The Bertz CT molecular complexity index is 647. The van der Waals surface area contributed by atoms with Crippen molar-refractivity contribution in [3.63, 3.8) is 0 Å². The Morgan fingerprint density at radius 2 is 2.05 bits per heavy atom. The largest absolute Gasteiger partial charge is 0.490 e. The van der Waals surface area contributed by atoms with Crippen LogP contribution in [0, 0.1) is 0 Å². The Labute approximate surface area is 122 Å². The monoisotopic (exact) mass is 287 g/mol. The van der Waals surface area contributed by atoms with Crippen LogP contribution in [0.25, 0.3) is 11.1 Å². The van der Waals surface area contributed by atoms with Gasteiger partial charge in [0, 0.05) is 18.2 Å². The second-order valence-corrected chi connectivity index (χ2v) is 4.70. The first kappa shape index (κ1) is 13.5. The molecule has 0 atom stereocenters. The van der Waals surface area contributed by atoms with Crippen LogP contribution in [0.5, 0.6) is 11.5 Å². The molecule has 2 aromatic rings. The quantitative estimate of drug-likeness (QED) is 0.881. The second kappa shape index (κ2) is 5.91. The molecule has 0 amide bonds. The minimum Gasteiger partial charge on any atom is -0.490 e. The maximum absolute atomic E-state index is 11.9. The van der Waals surface area contributed by atoms with Gasteiger partial charge < -0.3 is 19.2 Å². The number of ether oxygens (including phenoxy) is 3. The average molecular weight is 287 g/mol. The number of nitrogens with one attached hydrogen (secondary N) is 1. The van der Waals surface area contributed by atoms with E-state index in [-0.39, 0.29) is 5.97 Å². The lowest BCUT2D eigenvalue weighted by Gasteiger charge is -2.10. The van der Waals surface area contributed by atoms with E-state index in [2.05, 4.69) is 4.98 Å². The molecule has 0 bridgehead atoms. The van der Waals surface area contributed by atoms with Gasteiger partial charge in [-0.3, -0.25) is 0 Å². The number of aromatic amines is 1. The smallest absolute Gasteiger partial charge is 0.355 e. The van der Waals surface area contributed by atoms with Gasteiger partial charge in [-0.15, -0.1) is 0 Å².